The first-order valence-corrected chi connectivity index (χ1v) is 5.54. The summed E-state index contributed by atoms with van der Waals surface area (Å²) in [5, 5.41) is 2.68. The highest BCUT2D eigenvalue weighted by molar-refractivity contribution is 5.67. The highest BCUT2D eigenvalue weighted by atomic mass is 16.5. The van der Waals surface area contributed by atoms with Crippen LogP contribution in [0.3, 0.4) is 0 Å². The van der Waals surface area contributed by atoms with Gasteiger partial charge in [0.1, 0.15) is 6.61 Å². The molecule has 1 aromatic carbocycles. The maximum absolute atomic E-state index is 11.2. The lowest BCUT2D eigenvalue weighted by Crippen LogP contribution is -2.31. The van der Waals surface area contributed by atoms with Crippen LogP contribution < -0.4 is 11.1 Å². The molecule has 0 saturated heterocycles. The van der Waals surface area contributed by atoms with E-state index in [9.17, 15) is 4.79 Å². The summed E-state index contributed by atoms with van der Waals surface area (Å²) in [7, 11) is 0. The monoisotopic (exact) mass is 234 g/mol. The third-order valence-electron chi connectivity index (χ3n) is 2.38. The number of benzene rings is 1. The van der Waals surface area contributed by atoms with E-state index in [0.29, 0.717) is 13.1 Å². The zero-order valence-corrected chi connectivity index (χ0v) is 9.76. The molecule has 0 unspecified atom stereocenters. The van der Waals surface area contributed by atoms with E-state index in [0.717, 1.165) is 5.56 Å². The standard InChI is InChI=1S/C13H18N2O2/c1-2-8-17-13(16)15-10-12(9-14)11-6-4-3-5-7-11/h2-7,12H,1,8-10,14H2,(H,15,16)/t12-/m1/s1. The van der Waals surface area contributed by atoms with Gasteiger partial charge in [-0.15, -0.1) is 0 Å². The fourth-order valence-electron chi connectivity index (χ4n) is 1.45. The second-order valence-electron chi connectivity index (χ2n) is 3.61. The van der Waals surface area contributed by atoms with E-state index < -0.39 is 6.09 Å². The number of nitrogens with one attached hydrogen (secondary N) is 1. The summed E-state index contributed by atoms with van der Waals surface area (Å²) in [5.41, 5.74) is 6.79. The number of hydrogen-bond donors (Lipinski definition) is 2. The minimum absolute atomic E-state index is 0.104. The van der Waals surface area contributed by atoms with Crippen LogP contribution in [0.4, 0.5) is 4.79 Å². The number of ether oxygens (including phenoxy) is 1. The van der Waals surface area contributed by atoms with Gasteiger partial charge in [-0.1, -0.05) is 43.0 Å². The van der Waals surface area contributed by atoms with E-state index >= 15 is 0 Å². The maximum atomic E-state index is 11.2. The summed E-state index contributed by atoms with van der Waals surface area (Å²) >= 11 is 0. The highest BCUT2D eigenvalue weighted by Gasteiger charge is 2.10. The Morgan fingerprint density at radius 2 is 2.18 bits per heavy atom. The lowest BCUT2D eigenvalue weighted by molar-refractivity contribution is 0.157. The van der Waals surface area contributed by atoms with Gasteiger partial charge in [-0.05, 0) is 5.56 Å². The van der Waals surface area contributed by atoms with Gasteiger partial charge in [0.15, 0.2) is 0 Å². The number of rotatable bonds is 6. The smallest absolute Gasteiger partial charge is 0.407 e. The first-order chi connectivity index (χ1) is 8.27. The van der Waals surface area contributed by atoms with Crippen molar-refractivity contribution in [3.63, 3.8) is 0 Å². The van der Waals surface area contributed by atoms with Crippen LogP contribution in [-0.4, -0.2) is 25.8 Å². The van der Waals surface area contributed by atoms with E-state index in [-0.39, 0.29) is 12.5 Å². The molecule has 4 heteroatoms. The molecule has 1 rings (SSSR count). The molecule has 0 radical (unpaired) electrons. The zero-order valence-electron chi connectivity index (χ0n) is 9.76. The summed E-state index contributed by atoms with van der Waals surface area (Å²) in [6.07, 6.45) is 1.08. The van der Waals surface area contributed by atoms with Gasteiger partial charge in [0.05, 0.1) is 0 Å². The number of hydrogen-bond acceptors (Lipinski definition) is 3. The molecule has 0 aromatic heterocycles. The van der Waals surface area contributed by atoms with Crippen molar-refractivity contribution in [1.29, 1.82) is 0 Å². The largest absolute Gasteiger partial charge is 0.445 e. The van der Waals surface area contributed by atoms with Gasteiger partial charge in [-0.2, -0.15) is 0 Å². The first-order valence-electron chi connectivity index (χ1n) is 5.54. The second kappa shape index (κ2) is 7.46. The van der Waals surface area contributed by atoms with Crippen molar-refractivity contribution in [3.8, 4) is 0 Å². The average molecular weight is 234 g/mol. The van der Waals surface area contributed by atoms with Crippen molar-refractivity contribution in [3.05, 3.63) is 48.6 Å². The maximum Gasteiger partial charge on any atom is 0.407 e. The molecule has 92 valence electrons. The van der Waals surface area contributed by atoms with Crippen LogP contribution in [0.2, 0.25) is 0 Å². The molecule has 0 fully saturated rings. The summed E-state index contributed by atoms with van der Waals surface area (Å²) in [6.45, 7) is 4.63. The lowest BCUT2D eigenvalue weighted by Gasteiger charge is -2.15. The van der Waals surface area contributed by atoms with Gasteiger partial charge in [0.25, 0.3) is 0 Å². The molecular formula is C13H18N2O2. The normalized spacial score (nSPS) is 11.6. The van der Waals surface area contributed by atoms with E-state index in [2.05, 4.69) is 11.9 Å². The molecular weight excluding hydrogens is 216 g/mol. The van der Waals surface area contributed by atoms with Gasteiger partial charge >= 0.3 is 6.09 Å². The van der Waals surface area contributed by atoms with E-state index in [1.165, 1.54) is 6.08 Å². The van der Waals surface area contributed by atoms with Gasteiger partial charge in [-0.3, -0.25) is 0 Å². The molecule has 3 N–H and O–H groups in total. The van der Waals surface area contributed by atoms with Crippen LogP contribution in [0.5, 0.6) is 0 Å². The van der Waals surface area contributed by atoms with Crippen LogP contribution in [0, 0.1) is 0 Å². The van der Waals surface area contributed by atoms with Crippen LogP contribution >= 0.6 is 0 Å². The summed E-state index contributed by atoms with van der Waals surface area (Å²) in [4.78, 5) is 11.2. The van der Waals surface area contributed by atoms with Crippen molar-refractivity contribution < 1.29 is 9.53 Å². The molecule has 0 aliphatic carbocycles. The molecule has 1 amide bonds. The lowest BCUT2D eigenvalue weighted by atomic mass is 9.99. The molecule has 1 atom stereocenters. The number of carbonyl (C=O) groups excluding carboxylic acids is 1. The van der Waals surface area contributed by atoms with Crippen LogP contribution in [0.25, 0.3) is 0 Å². The van der Waals surface area contributed by atoms with Gasteiger partial charge in [-0.25, -0.2) is 4.79 Å². The van der Waals surface area contributed by atoms with Crippen molar-refractivity contribution >= 4 is 6.09 Å². The SMILES string of the molecule is C=CCOC(=O)NC[C@@H](CN)c1ccccc1. The molecule has 0 aliphatic rings. The molecule has 0 spiro atoms. The zero-order chi connectivity index (χ0) is 12.5. The van der Waals surface area contributed by atoms with Crippen molar-refractivity contribution in [2.75, 3.05) is 19.7 Å². The minimum atomic E-state index is -0.445. The Morgan fingerprint density at radius 3 is 2.76 bits per heavy atom. The fourth-order valence-corrected chi connectivity index (χ4v) is 1.45. The van der Waals surface area contributed by atoms with Gasteiger partial charge in [0, 0.05) is 19.0 Å². The van der Waals surface area contributed by atoms with Crippen LogP contribution in [0.1, 0.15) is 11.5 Å². The number of amides is 1. The predicted octanol–water partition coefficient (Wildman–Crippen LogP) is 1.64. The summed E-state index contributed by atoms with van der Waals surface area (Å²) in [6, 6.07) is 9.84. The predicted molar refractivity (Wildman–Crippen MR) is 67.8 cm³/mol. The molecule has 0 heterocycles. The van der Waals surface area contributed by atoms with Gasteiger partial charge in [0.2, 0.25) is 0 Å². The minimum Gasteiger partial charge on any atom is -0.445 e. The van der Waals surface area contributed by atoms with Gasteiger partial charge < -0.3 is 15.8 Å². The Kier molecular flexibility index (Phi) is 5.82. The Labute approximate surface area is 101 Å². The van der Waals surface area contributed by atoms with E-state index in [4.69, 9.17) is 10.5 Å². The summed E-state index contributed by atoms with van der Waals surface area (Å²) < 4.78 is 4.81. The van der Waals surface area contributed by atoms with Crippen molar-refractivity contribution in [2.24, 2.45) is 5.73 Å². The van der Waals surface area contributed by atoms with E-state index in [1.54, 1.807) is 0 Å². The second-order valence-corrected chi connectivity index (χ2v) is 3.61. The molecule has 4 nitrogen and oxygen atoms in total. The third-order valence-corrected chi connectivity index (χ3v) is 2.38. The molecule has 1 aromatic rings. The quantitative estimate of drug-likeness (QED) is 0.735. The Morgan fingerprint density at radius 1 is 1.47 bits per heavy atom. The number of alkyl carbamates (subject to hydrolysis) is 1. The van der Waals surface area contributed by atoms with Crippen molar-refractivity contribution in [2.45, 2.75) is 5.92 Å². The Balaban J connectivity index is 2.43. The average Bonchev–Trinajstić information content (AvgIpc) is 2.38. The van der Waals surface area contributed by atoms with Crippen LogP contribution in [-0.2, 0) is 4.74 Å². The van der Waals surface area contributed by atoms with E-state index in [1.807, 2.05) is 30.3 Å². The molecule has 0 aliphatic heterocycles. The topological polar surface area (TPSA) is 64.3 Å². The highest BCUT2D eigenvalue weighted by Crippen LogP contribution is 2.12. The Hall–Kier alpha value is -1.81. The first kappa shape index (κ1) is 13.3. The molecule has 17 heavy (non-hydrogen) atoms. The molecule has 0 saturated carbocycles. The fraction of sp³-hybridized carbons (Fsp3) is 0.308. The molecule has 0 bridgehead atoms. The third kappa shape index (κ3) is 4.70. The summed E-state index contributed by atoms with van der Waals surface area (Å²) in [5.74, 6) is 0.104. The Bertz CT molecular complexity index is 352. The van der Waals surface area contributed by atoms with Crippen molar-refractivity contribution in [1.82, 2.24) is 5.32 Å². The number of carbonyl (C=O) groups is 1. The van der Waals surface area contributed by atoms with Crippen LogP contribution in [0.15, 0.2) is 43.0 Å². The number of nitrogens with two attached hydrogens (primary N) is 1.